The summed E-state index contributed by atoms with van der Waals surface area (Å²) in [5, 5.41) is 17.9. The molecule has 0 spiro atoms. The van der Waals surface area contributed by atoms with E-state index >= 15 is 0 Å². The van der Waals surface area contributed by atoms with Crippen molar-refractivity contribution in [2.24, 2.45) is 0 Å². The highest BCUT2D eigenvalue weighted by atomic mass is 16.5. The van der Waals surface area contributed by atoms with E-state index in [1.165, 1.54) is 14.2 Å². The maximum atomic E-state index is 10.5. The maximum absolute atomic E-state index is 10.5. The van der Waals surface area contributed by atoms with Crippen molar-refractivity contribution in [3.8, 4) is 11.5 Å². The number of aliphatic carboxylic acids is 1. The van der Waals surface area contributed by atoms with Crippen LogP contribution in [0.25, 0.3) is 0 Å². The zero-order chi connectivity index (χ0) is 12.1. The largest absolute Gasteiger partial charge is 0.493 e. The first kappa shape index (κ1) is 12.3. The molecule has 0 aliphatic rings. The molecule has 0 heterocycles. The number of aliphatic hydroxyl groups is 1. The summed E-state index contributed by atoms with van der Waals surface area (Å²) >= 11 is 0. The van der Waals surface area contributed by atoms with E-state index < -0.39 is 12.1 Å². The molecule has 0 radical (unpaired) electrons. The number of carbonyl (C=O) groups is 1. The minimum absolute atomic E-state index is 0.0181. The van der Waals surface area contributed by atoms with Gasteiger partial charge in [-0.15, -0.1) is 0 Å². The molecule has 1 aromatic carbocycles. The molecule has 1 aromatic rings. The van der Waals surface area contributed by atoms with Crippen LogP contribution in [0.15, 0.2) is 18.2 Å². The molecule has 1 atom stereocenters. The molecule has 5 heteroatoms. The highest BCUT2D eigenvalue weighted by Gasteiger charge is 2.18. The number of para-hydroxylation sites is 1. The quantitative estimate of drug-likeness (QED) is 0.772. The van der Waals surface area contributed by atoms with Gasteiger partial charge in [0, 0.05) is 12.0 Å². The lowest BCUT2D eigenvalue weighted by molar-refractivity contribution is -0.146. The van der Waals surface area contributed by atoms with Gasteiger partial charge in [-0.2, -0.15) is 0 Å². The van der Waals surface area contributed by atoms with Crippen LogP contribution in [0.1, 0.15) is 5.56 Å². The summed E-state index contributed by atoms with van der Waals surface area (Å²) in [4.78, 5) is 10.5. The Morgan fingerprint density at radius 1 is 1.38 bits per heavy atom. The number of carboxylic acids is 1. The normalized spacial score (nSPS) is 11.9. The Kier molecular flexibility index (Phi) is 4.13. The Morgan fingerprint density at radius 2 is 2.06 bits per heavy atom. The monoisotopic (exact) mass is 226 g/mol. The molecule has 2 N–H and O–H groups in total. The standard InChI is InChI=1S/C11H14O5/c1-15-9-5-3-4-7(10(9)16-2)6-8(12)11(13)14/h3-5,8,12H,6H2,1-2H3,(H,13,14)/t8-/m0/s1. The molecule has 0 saturated heterocycles. The fourth-order valence-electron chi connectivity index (χ4n) is 1.41. The molecule has 0 aromatic heterocycles. The van der Waals surface area contributed by atoms with Crippen LogP contribution in [-0.4, -0.2) is 36.5 Å². The molecule has 0 bridgehead atoms. The highest BCUT2D eigenvalue weighted by molar-refractivity contribution is 5.72. The average molecular weight is 226 g/mol. The lowest BCUT2D eigenvalue weighted by atomic mass is 10.1. The van der Waals surface area contributed by atoms with Gasteiger partial charge in [0.25, 0.3) is 0 Å². The van der Waals surface area contributed by atoms with E-state index in [9.17, 15) is 9.90 Å². The van der Waals surface area contributed by atoms with Crippen LogP contribution in [0.3, 0.4) is 0 Å². The molecule has 0 aliphatic heterocycles. The summed E-state index contributed by atoms with van der Waals surface area (Å²) in [6.45, 7) is 0. The summed E-state index contributed by atoms with van der Waals surface area (Å²) in [6.07, 6.45) is -1.46. The Bertz CT molecular complexity index is 375. The van der Waals surface area contributed by atoms with Crippen molar-refractivity contribution in [3.05, 3.63) is 23.8 Å². The van der Waals surface area contributed by atoms with Crippen molar-refractivity contribution in [2.75, 3.05) is 14.2 Å². The van der Waals surface area contributed by atoms with Crippen LogP contribution in [-0.2, 0) is 11.2 Å². The minimum atomic E-state index is -1.44. The van der Waals surface area contributed by atoms with Crippen LogP contribution >= 0.6 is 0 Å². The Labute approximate surface area is 93.2 Å². The summed E-state index contributed by atoms with van der Waals surface area (Å²) in [6, 6.07) is 5.11. The number of hydrogen-bond donors (Lipinski definition) is 2. The third-order valence-corrected chi connectivity index (χ3v) is 2.18. The fraction of sp³-hybridized carbons (Fsp3) is 0.364. The van der Waals surface area contributed by atoms with Crippen molar-refractivity contribution in [1.82, 2.24) is 0 Å². The van der Waals surface area contributed by atoms with Crippen LogP contribution in [0.4, 0.5) is 0 Å². The first-order valence-corrected chi connectivity index (χ1v) is 4.71. The number of carboxylic acid groups (broad SMARTS) is 1. The molecular weight excluding hydrogens is 212 g/mol. The number of methoxy groups -OCH3 is 2. The average Bonchev–Trinajstić information content (AvgIpc) is 2.28. The molecule has 88 valence electrons. The van der Waals surface area contributed by atoms with Gasteiger partial charge in [0.15, 0.2) is 17.6 Å². The van der Waals surface area contributed by atoms with E-state index in [2.05, 4.69) is 0 Å². The minimum Gasteiger partial charge on any atom is -0.493 e. The molecule has 0 saturated carbocycles. The molecule has 5 nitrogen and oxygen atoms in total. The van der Waals surface area contributed by atoms with Crippen molar-refractivity contribution in [3.63, 3.8) is 0 Å². The molecule has 16 heavy (non-hydrogen) atoms. The van der Waals surface area contributed by atoms with Crippen molar-refractivity contribution in [2.45, 2.75) is 12.5 Å². The topological polar surface area (TPSA) is 76.0 Å². The van der Waals surface area contributed by atoms with Crippen LogP contribution < -0.4 is 9.47 Å². The first-order chi connectivity index (χ1) is 7.60. The number of hydrogen-bond acceptors (Lipinski definition) is 4. The van der Waals surface area contributed by atoms with Crippen molar-refractivity contribution in [1.29, 1.82) is 0 Å². The van der Waals surface area contributed by atoms with Gasteiger partial charge >= 0.3 is 5.97 Å². The molecule has 0 aliphatic carbocycles. The van der Waals surface area contributed by atoms with Gasteiger partial charge in [-0.3, -0.25) is 0 Å². The van der Waals surface area contributed by atoms with Gasteiger partial charge in [-0.05, 0) is 6.07 Å². The molecule has 1 rings (SSSR count). The summed E-state index contributed by atoms with van der Waals surface area (Å²) in [5.41, 5.74) is 0.594. The summed E-state index contributed by atoms with van der Waals surface area (Å²) < 4.78 is 10.2. The van der Waals surface area contributed by atoms with Crippen LogP contribution in [0.5, 0.6) is 11.5 Å². The van der Waals surface area contributed by atoms with Gasteiger partial charge < -0.3 is 19.7 Å². The van der Waals surface area contributed by atoms with E-state index in [1.54, 1.807) is 18.2 Å². The van der Waals surface area contributed by atoms with Crippen LogP contribution in [0.2, 0.25) is 0 Å². The molecule has 0 unspecified atom stereocenters. The molecule has 0 amide bonds. The van der Waals surface area contributed by atoms with Gasteiger partial charge in [0.05, 0.1) is 14.2 Å². The second-order valence-corrected chi connectivity index (χ2v) is 3.21. The number of aliphatic hydroxyl groups excluding tert-OH is 1. The van der Waals surface area contributed by atoms with Crippen molar-refractivity contribution >= 4 is 5.97 Å². The smallest absolute Gasteiger partial charge is 0.332 e. The van der Waals surface area contributed by atoms with E-state index in [-0.39, 0.29) is 6.42 Å². The highest BCUT2D eigenvalue weighted by Crippen LogP contribution is 2.31. The fourth-order valence-corrected chi connectivity index (χ4v) is 1.41. The lowest BCUT2D eigenvalue weighted by Crippen LogP contribution is -2.22. The third-order valence-electron chi connectivity index (χ3n) is 2.18. The lowest BCUT2D eigenvalue weighted by Gasteiger charge is -2.13. The molecule has 0 fully saturated rings. The first-order valence-electron chi connectivity index (χ1n) is 4.71. The third kappa shape index (κ3) is 2.64. The van der Waals surface area contributed by atoms with Gasteiger partial charge in [-0.1, -0.05) is 12.1 Å². The van der Waals surface area contributed by atoms with Gasteiger partial charge in [0.1, 0.15) is 0 Å². The van der Waals surface area contributed by atoms with E-state index in [1.807, 2.05) is 0 Å². The predicted molar refractivity (Wildman–Crippen MR) is 56.9 cm³/mol. The maximum Gasteiger partial charge on any atom is 0.332 e. The summed E-state index contributed by atoms with van der Waals surface area (Å²) in [7, 11) is 2.96. The van der Waals surface area contributed by atoms with E-state index in [0.717, 1.165) is 0 Å². The SMILES string of the molecule is COc1cccc(C[C@H](O)C(=O)O)c1OC. The van der Waals surface area contributed by atoms with E-state index in [0.29, 0.717) is 17.1 Å². The zero-order valence-corrected chi connectivity index (χ0v) is 9.14. The van der Waals surface area contributed by atoms with Gasteiger partial charge in [0.2, 0.25) is 0 Å². The Morgan fingerprint density at radius 3 is 2.56 bits per heavy atom. The van der Waals surface area contributed by atoms with Gasteiger partial charge in [-0.25, -0.2) is 4.79 Å². The Balaban J connectivity index is 2.99. The second kappa shape index (κ2) is 5.37. The molecular formula is C11H14O5. The Hall–Kier alpha value is -1.75. The number of ether oxygens (including phenoxy) is 2. The predicted octanol–water partition coefficient (Wildman–Crippen LogP) is 0.692. The number of rotatable bonds is 5. The second-order valence-electron chi connectivity index (χ2n) is 3.21. The number of benzene rings is 1. The zero-order valence-electron chi connectivity index (χ0n) is 9.14. The summed E-state index contributed by atoms with van der Waals surface area (Å²) in [5.74, 6) is -0.298. The van der Waals surface area contributed by atoms with Crippen LogP contribution in [0, 0.1) is 0 Å². The van der Waals surface area contributed by atoms with E-state index in [4.69, 9.17) is 14.6 Å². The van der Waals surface area contributed by atoms with Crippen molar-refractivity contribution < 1.29 is 24.5 Å².